The van der Waals surface area contributed by atoms with Gasteiger partial charge in [0, 0.05) is 62.0 Å². The van der Waals surface area contributed by atoms with Crippen LogP contribution in [0.5, 0.6) is 28.7 Å². The van der Waals surface area contributed by atoms with E-state index < -0.39 is 48.5 Å². The van der Waals surface area contributed by atoms with Crippen LogP contribution in [0, 0.1) is 86.3 Å². The monoisotopic (exact) mass is 2190 g/mol. The van der Waals surface area contributed by atoms with Crippen LogP contribution in [0.2, 0.25) is 0 Å². The number of hydrogen-bond donors (Lipinski definition) is 5. The van der Waals surface area contributed by atoms with Gasteiger partial charge in [-0.2, -0.15) is 39.5 Å². The number of alkyl halides is 10. The number of benzene rings is 5. The fourth-order valence-electron chi connectivity index (χ4n) is 31.6. The van der Waals surface area contributed by atoms with Crippen molar-refractivity contribution < 1.29 is 128 Å². The summed E-state index contributed by atoms with van der Waals surface area (Å²) in [5.41, 5.74) is 8.45. The quantitative estimate of drug-likeness (QED) is 0.0153. The van der Waals surface area contributed by atoms with E-state index in [1.165, 1.54) is 153 Å². The molecule has 11 fully saturated rings. The van der Waals surface area contributed by atoms with Crippen LogP contribution in [-0.4, -0.2) is 180 Å². The first-order valence-electron chi connectivity index (χ1n) is 53.2. The molecule has 0 amide bonds. The largest absolute Gasteiger partial charge is 1.00 e. The molecule has 5 aromatic carbocycles. The summed E-state index contributed by atoms with van der Waals surface area (Å²) in [6, 6.07) is 30.9. The Morgan fingerprint density at radius 3 is 1.11 bits per heavy atom. The molecule has 146 heavy (non-hydrogen) atoms. The normalized spacial score (nSPS) is 32.8. The number of aromatic hydroxyl groups is 3. The summed E-state index contributed by atoms with van der Waals surface area (Å²) in [4.78, 5) is 12.3. The fraction of sp³-hybridized carbons (Fsp3) is 0.681. The second-order valence-corrected chi connectivity index (χ2v) is 52.1. The molecular weight excluding hydrogens is 2040 g/mol. The Hall–Kier alpha value is -3.95. The minimum absolute atomic E-state index is 0. The van der Waals surface area contributed by atoms with Crippen molar-refractivity contribution in [2.75, 3.05) is 71.4 Å². The Balaban J connectivity index is 0.000000173. The molecule has 16 aliphatic rings. The molecule has 21 rings (SSSR count). The molecule has 1 heterocycles. The molecule has 806 valence electrons. The Kier molecular flexibility index (Phi) is 42.5. The average molecular weight is 2200 g/mol. The van der Waals surface area contributed by atoms with Crippen molar-refractivity contribution in [1.29, 1.82) is 0 Å². The van der Waals surface area contributed by atoms with Crippen molar-refractivity contribution in [2.24, 2.45) is 86.3 Å². The molecule has 1 aliphatic heterocycles. The van der Waals surface area contributed by atoms with Gasteiger partial charge in [-0.15, -0.1) is 6.58 Å². The van der Waals surface area contributed by atoms with Crippen LogP contribution in [-0.2, 0) is 65.3 Å². The number of aliphatic hydroxyl groups excluding tert-OH is 2. The molecule has 0 bridgehead atoms. The van der Waals surface area contributed by atoms with Crippen molar-refractivity contribution in [2.45, 2.75) is 338 Å². The summed E-state index contributed by atoms with van der Waals surface area (Å²) in [6.07, 6.45) is 20.9. The van der Waals surface area contributed by atoms with Gasteiger partial charge < -0.3 is 64.9 Å². The summed E-state index contributed by atoms with van der Waals surface area (Å²) >= 11 is 1.41. The van der Waals surface area contributed by atoms with E-state index in [4.69, 9.17) is 73.5 Å². The maximum atomic E-state index is 13.0. The third-order valence-electron chi connectivity index (χ3n) is 38.2. The Morgan fingerprint density at radius 2 is 0.760 bits per heavy atom. The Morgan fingerprint density at radius 1 is 0.432 bits per heavy atom. The molecule has 23 atom stereocenters. The number of phenols is 3. The summed E-state index contributed by atoms with van der Waals surface area (Å²) in [6.45, 7) is 25.4. The number of allylic oxidation sites excluding steroid dienone is 1. The molecular formula is C116H160Al2BrCl3F9LiO14. The molecule has 0 aromatic heterocycles. The van der Waals surface area contributed by atoms with Gasteiger partial charge in [0.25, 0.3) is 0 Å². The van der Waals surface area contributed by atoms with E-state index >= 15 is 0 Å². The first-order chi connectivity index (χ1) is 68.2. The van der Waals surface area contributed by atoms with Gasteiger partial charge in [-0.25, -0.2) is 30.1 Å². The van der Waals surface area contributed by atoms with E-state index in [0.29, 0.717) is 138 Å². The van der Waals surface area contributed by atoms with Gasteiger partial charge in [-0.3, -0.25) is 4.79 Å². The van der Waals surface area contributed by atoms with E-state index in [0.717, 1.165) is 162 Å². The van der Waals surface area contributed by atoms with E-state index in [1.807, 2.05) is 42.5 Å². The van der Waals surface area contributed by atoms with Crippen LogP contribution in [0.25, 0.3) is 0 Å². The van der Waals surface area contributed by atoms with E-state index in [9.17, 15) is 59.6 Å². The molecule has 0 radical (unpaired) electrons. The number of carbonyl (C=O) groups excluding carboxylic acids is 1. The van der Waals surface area contributed by atoms with Crippen LogP contribution in [0.15, 0.2) is 129 Å². The van der Waals surface area contributed by atoms with Gasteiger partial charge >= 0.3 is 54.4 Å². The topological polar surface area (TPSA) is 192 Å². The number of Topliss-reactive ketones (excluding diaryl/α,β-unsaturated/α-hetero) is 1. The third kappa shape index (κ3) is 24.9. The van der Waals surface area contributed by atoms with Crippen LogP contribution in [0.4, 0.5) is 39.5 Å². The van der Waals surface area contributed by atoms with Gasteiger partial charge in [0.15, 0.2) is 23.1 Å². The van der Waals surface area contributed by atoms with Crippen LogP contribution >= 0.6 is 46.1 Å². The van der Waals surface area contributed by atoms with Gasteiger partial charge in [-0.1, -0.05) is 120 Å². The van der Waals surface area contributed by atoms with Crippen molar-refractivity contribution in [3.63, 3.8) is 0 Å². The molecule has 10 saturated carbocycles. The maximum Gasteiger partial charge on any atom is 1.00 e. The van der Waals surface area contributed by atoms with Gasteiger partial charge in [0.1, 0.15) is 47.7 Å². The predicted octanol–water partition coefficient (Wildman–Crippen LogP) is 25.2. The number of aryl methyl sites for hydroxylation is 5. The number of rotatable bonds is 21. The van der Waals surface area contributed by atoms with Crippen LogP contribution < -0.4 is 28.3 Å². The Labute approximate surface area is 910 Å². The zero-order chi connectivity index (χ0) is 102. The van der Waals surface area contributed by atoms with Gasteiger partial charge in [-0.05, 0) is 427 Å². The standard InChI is InChI=1S/C28H33F9O3.C24H34O3.C21H28O3.C21H30O3.C18H22O2.C3H5Br.CH4.2Al.3ClH.Li.4H/c1-3-13-38-18-6-8-19-17(16-18)5-7-21-20(19)11-12-24(2)22(21)9-10-23(24)39-14-4-15-40-25(26(29,30)31,27(32,33)34)28(35,36)37;1-3-14-26-18-6-8-19-17(16-18)5-7-21-20(19)11-12-24(2)22(21)9-10-23(24)27-15-4-13-25;1-20-9-7-17-16-6-4-15(22)13-14(16)3-5-18(17)19(20)8-10-21(20)23-11-2-12-24-21;1-21-10-9-17-16-6-4-15(23)13-14(16)3-5-18(17)19(21)7-8-20(21)24-12-2-11-22;1-18-9-8-14-13-5-3-12(19)10-11(13)2-4-15(14)16(18)6-7-17(18)20;1-2-3-4;;;;;;;;;;;/h3,6,8,16,20-23H,1,4-5,7,9-15H2,2H3;3,6,8,16,20-23,25H,1,4-5,7,9-15H2,2H3;4,6,13,17-19,22H,2-3,5,7-12H2,1H3;4,6,13,17-20,22-23H,2-3,5,7-12H2,1H3;3,5,10,14-16,19H,2,4,6-9H2,1H3;2H,1,3H2;1H4;;;3*1H;;;;;/q;;;;;;;;+3;;;;+1;;;;-1/p-3/t2*20-,21-,22+,23+,24+;17-,18-,19+,20+;17-,18-,19+,20+,21+;14-,15-,16+,18+;;;;;;;;;;;;/m11111............/s1. The molecule has 14 nitrogen and oxygen atoms in total. The zero-order valence-corrected chi connectivity index (χ0v) is 90.1. The molecule has 5 N–H and O–H groups in total. The van der Waals surface area contributed by atoms with E-state index in [2.05, 4.69) is 124 Å². The molecule has 5 aromatic rings. The number of hydrogen-bond acceptors (Lipinski definition) is 14. The number of carbonyl (C=O) groups is 1. The summed E-state index contributed by atoms with van der Waals surface area (Å²) in [5, 5.41) is 48.2. The van der Waals surface area contributed by atoms with Crippen molar-refractivity contribution in [3.8, 4) is 28.7 Å². The zero-order valence-electron chi connectivity index (χ0n) is 86.1. The third-order valence-corrected chi connectivity index (χ3v) is 38.6. The molecule has 15 aliphatic carbocycles. The molecule has 0 unspecified atom stereocenters. The Bertz CT molecular complexity index is 5100. The average Bonchev–Trinajstić information content (AvgIpc) is 1.54. The molecule has 30 heteroatoms. The smallest absolute Gasteiger partial charge is 1.00 e. The summed E-state index contributed by atoms with van der Waals surface area (Å²) in [5.74, 6) is 12.8. The van der Waals surface area contributed by atoms with Gasteiger partial charge in [0.05, 0.1) is 38.1 Å². The predicted molar refractivity (Wildman–Crippen MR) is 565 cm³/mol. The van der Waals surface area contributed by atoms with Crippen LogP contribution in [0.1, 0.15) is 315 Å². The number of aliphatic hydroxyl groups is 2. The maximum absolute atomic E-state index is 13.0. The molecule has 1 spiro atoms. The van der Waals surface area contributed by atoms with Crippen molar-refractivity contribution in [1.82, 2.24) is 0 Å². The minimum atomic E-state index is -6.73. The summed E-state index contributed by atoms with van der Waals surface area (Å²) < 4.78 is 163. The van der Waals surface area contributed by atoms with E-state index in [-0.39, 0.29) is 93.0 Å². The fourth-order valence-corrected chi connectivity index (χ4v) is 31.6. The number of phenolic OH excluding ortho intramolecular Hbond substituents is 3. The second kappa shape index (κ2) is 51.4. The number of ketones is 1. The van der Waals surface area contributed by atoms with Gasteiger partial charge in [0.2, 0.25) is 0 Å². The minimum Gasteiger partial charge on any atom is -1.00 e. The first kappa shape index (κ1) is 121. The number of fused-ring (bicyclic) bond motifs is 26. The van der Waals surface area contributed by atoms with E-state index in [1.54, 1.807) is 23.8 Å². The summed E-state index contributed by atoms with van der Waals surface area (Å²) in [7, 11) is 14.8. The first-order valence-corrected chi connectivity index (χ1v) is 59.6. The van der Waals surface area contributed by atoms with Crippen LogP contribution in [0.3, 0.4) is 0 Å². The second-order valence-electron chi connectivity index (χ2n) is 45.0. The number of halogens is 13. The SMILES string of the molecule is C.C=CCBr.C=CCOc1ccc2c(c1)CC[C@@H]1[C@@H]2CC[C@]2(C)[C@@H](OCCCO)CC[C@@H]12.C=CCOc1ccc2c(c1)CC[C@@H]1[C@@H]2CC[C@]2(C)[C@@H](OCCCOC(C(F)(F)F)(C(F)(F)F)C(F)(F)F)CC[C@@H]12.C[C@]12CC[C@@H]3c4ccc(O)cc4CC[C@H]3[C@@H]1CCC21OCCCO1.C[C@]12CC[C@@H]3c4ccc(O)cc4CC[C@H]3[C@@H]1CCC2=O.C[C@]12CC[C@@H]3c4ccc(O)cc4CC[C@H]3[C@@H]1CC[C@@H]2OCCCO.[AlH3].[Cl][Al]([Cl])[Cl].[H-].[Li+]. The van der Waals surface area contributed by atoms with Crippen molar-refractivity contribution >= 4 is 80.6 Å². The van der Waals surface area contributed by atoms with Crippen molar-refractivity contribution in [3.05, 3.63) is 185 Å². The number of ether oxygens (including phenoxy) is 8. The molecule has 1 saturated heterocycles.